The average Bonchev–Trinajstić information content (AvgIpc) is 2.17. The molecule has 2 aliphatic rings. The zero-order valence-corrected chi connectivity index (χ0v) is 8.48. The number of fused-ring (bicyclic) bond motifs is 1. The first kappa shape index (κ1) is 10.2. The summed E-state index contributed by atoms with van der Waals surface area (Å²) in [5.74, 6) is -0.473. The molecule has 80 valence electrons. The molecule has 0 aromatic heterocycles. The number of ketones is 1. The molecule has 1 saturated heterocycles. The Labute approximate surface area is 89.8 Å². The van der Waals surface area contributed by atoms with E-state index in [1.807, 2.05) is 0 Å². The van der Waals surface area contributed by atoms with Gasteiger partial charge in [-0.05, 0) is 6.08 Å². The summed E-state index contributed by atoms with van der Waals surface area (Å²) in [6.07, 6.45) is 4.11. The molecule has 1 amide bonds. The van der Waals surface area contributed by atoms with Crippen molar-refractivity contribution in [2.75, 3.05) is 0 Å². The molecule has 0 radical (unpaired) electrons. The number of oxime groups is 1. The van der Waals surface area contributed by atoms with E-state index in [1.54, 1.807) is 0 Å². The van der Waals surface area contributed by atoms with Crippen molar-refractivity contribution < 1.29 is 14.8 Å². The van der Waals surface area contributed by atoms with Crippen LogP contribution >= 0.6 is 11.8 Å². The fourth-order valence-corrected chi connectivity index (χ4v) is 2.71. The molecule has 1 fully saturated rings. The summed E-state index contributed by atoms with van der Waals surface area (Å²) < 4.78 is 0. The van der Waals surface area contributed by atoms with Gasteiger partial charge >= 0.3 is 0 Å². The second-order valence-corrected chi connectivity index (χ2v) is 4.75. The van der Waals surface area contributed by atoms with Crippen molar-refractivity contribution in [3.63, 3.8) is 0 Å². The fraction of sp³-hybridized carbons (Fsp3) is 0.375. The van der Waals surface area contributed by atoms with E-state index in [1.165, 1.54) is 28.9 Å². The molecule has 3 N–H and O–H groups in total. The van der Waals surface area contributed by atoms with E-state index in [4.69, 9.17) is 10.9 Å². The predicted octanol–water partition coefficient (Wildman–Crippen LogP) is -0.511. The van der Waals surface area contributed by atoms with Crippen LogP contribution in [0.3, 0.4) is 0 Å². The largest absolute Gasteiger partial charge is 0.411 e. The third-order valence-corrected chi connectivity index (χ3v) is 3.71. The first-order chi connectivity index (χ1) is 7.07. The van der Waals surface area contributed by atoms with Crippen LogP contribution in [0.2, 0.25) is 0 Å². The lowest BCUT2D eigenvalue weighted by molar-refractivity contribution is -0.137. The van der Waals surface area contributed by atoms with Crippen LogP contribution < -0.4 is 5.73 Å². The summed E-state index contributed by atoms with van der Waals surface area (Å²) >= 11 is 1.18. The topological polar surface area (TPSA) is 96.0 Å². The maximum absolute atomic E-state index is 11.5. The fourth-order valence-electron chi connectivity index (χ4n) is 1.43. The number of thioether (sulfide) groups is 1. The predicted molar refractivity (Wildman–Crippen MR) is 54.2 cm³/mol. The maximum atomic E-state index is 11.5. The lowest BCUT2D eigenvalue weighted by atomic mass is 10.1. The summed E-state index contributed by atoms with van der Waals surface area (Å²) in [6.45, 7) is 0. The van der Waals surface area contributed by atoms with Gasteiger partial charge in [-0.25, -0.2) is 0 Å². The summed E-state index contributed by atoms with van der Waals surface area (Å²) in [6, 6.07) is 0. The van der Waals surface area contributed by atoms with Crippen molar-refractivity contribution >= 4 is 29.7 Å². The molecule has 2 aliphatic heterocycles. The zero-order chi connectivity index (χ0) is 11.1. The number of nitrogens with two attached hydrogens (primary N) is 1. The first-order valence-corrected chi connectivity index (χ1v) is 5.14. The molecule has 0 saturated carbocycles. The number of β-lactam (4-membered cyclic amide) rings is 1. The van der Waals surface area contributed by atoms with E-state index in [2.05, 4.69) is 5.16 Å². The minimum atomic E-state index is -1.23. The van der Waals surface area contributed by atoms with Gasteiger partial charge in [0.25, 0.3) is 0 Å². The molecule has 2 atom stereocenters. The van der Waals surface area contributed by atoms with Crippen molar-refractivity contribution in [1.29, 1.82) is 0 Å². The molecule has 0 aromatic carbocycles. The highest BCUT2D eigenvalue weighted by Gasteiger charge is 2.46. The van der Waals surface area contributed by atoms with Gasteiger partial charge in [-0.15, -0.1) is 11.8 Å². The van der Waals surface area contributed by atoms with Gasteiger partial charge < -0.3 is 15.8 Å². The van der Waals surface area contributed by atoms with Crippen LogP contribution in [0.15, 0.2) is 17.4 Å². The van der Waals surface area contributed by atoms with E-state index in [0.29, 0.717) is 6.42 Å². The van der Waals surface area contributed by atoms with Crippen molar-refractivity contribution in [2.24, 2.45) is 10.9 Å². The van der Waals surface area contributed by atoms with E-state index in [-0.39, 0.29) is 11.3 Å². The molecular formula is C8H9N3O3S. The molecule has 2 heterocycles. The minimum Gasteiger partial charge on any atom is -0.411 e. The van der Waals surface area contributed by atoms with Crippen molar-refractivity contribution in [3.05, 3.63) is 12.3 Å². The zero-order valence-electron chi connectivity index (χ0n) is 7.66. The van der Waals surface area contributed by atoms with E-state index in [0.717, 1.165) is 6.21 Å². The molecule has 7 heteroatoms. The second kappa shape index (κ2) is 3.35. The lowest BCUT2D eigenvalue weighted by Crippen LogP contribution is -2.57. The van der Waals surface area contributed by atoms with E-state index in [9.17, 15) is 9.59 Å². The average molecular weight is 227 g/mol. The van der Waals surface area contributed by atoms with Crippen LogP contribution in [0.1, 0.15) is 6.42 Å². The molecule has 2 rings (SSSR count). The van der Waals surface area contributed by atoms with Gasteiger partial charge in [0.15, 0.2) is 0 Å². The SMILES string of the molecule is NC1(C(=O)C=NO)C=CN2C(=O)C[C@H]2S1. The molecule has 1 unspecified atom stereocenters. The van der Waals surface area contributed by atoms with Gasteiger partial charge in [-0.2, -0.15) is 0 Å². The number of carbonyl (C=O) groups excluding carboxylic acids is 2. The number of rotatable bonds is 2. The third kappa shape index (κ3) is 1.53. The van der Waals surface area contributed by atoms with Gasteiger partial charge in [0.2, 0.25) is 11.7 Å². The Morgan fingerprint density at radius 1 is 1.87 bits per heavy atom. The highest BCUT2D eigenvalue weighted by molar-refractivity contribution is 8.02. The van der Waals surface area contributed by atoms with Crippen molar-refractivity contribution in [2.45, 2.75) is 16.7 Å². The van der Waals surface area contributed by atoms with E-state index < -0.39 is 10.7 Å². The van der Waals surface area contributed by atoms with Crippen LogP contribution in [-0.4, -0.2) is 38.3 Å². The Hall–Kier alpha value is -1.34. The number of hydrogen-bond donors (Lipinski definition) is 2. The van der Waals surface area contributed by atoms with Gasteiger partial charge in [0.05, 0.1) is 11.8 Å². The van der Waals surface area contributed by atoms with Crippen LogP contribution in [-0.2, 0) is 9.59 Å². The Balaban J connectivity index is 2.18. The molecular weight excluding hydrogens is 218 g/mol. The third-order valence-electron chi connectivity index (χ3n) is 2.32. The van der Waals surface area contributed by atoms with Crippen LogP contribution in [0, 0.1) is 0 Å². The number of amides is 1. The van der Waals surface area contributed by atoms with Gasteiger partial charge in [0, 0.05) is 6.20 Å². The Bertz CT molecular complexity index is 381. The summed E-state index contributed by atoms with van der Waals surface area (Å²) in [7, 11) is 0. The standard InChI is InChI=1S/C8H9N3O3S/c9-8(5(12)4-10-14)1-2-11-6(13)3-7(11)15-8/h1-2,4,7,14H,3,9H2/t7-,8?/m1/s1. The molecule has 0 aromatic rings. The summed E-state index contributed by atoms with van der Waals surface area (Å²) in [4.78, 5) is 22.8. The number of carbonyl (C=O) groups is 2. The van der Waals surface area contributed by atoms with Crippen LogP contribution in [0.5, 0.6) is 0 Å². The number of hydrogen-bond acceptors (Lipinski definition) is 6. The summed E-state index contributed by atoms with van der Waals surface area (Å²) in [5.41, 5.74) is 5.81. The second-order valence-electron chi connectivity index (χ2n) is 3.30. The first-order valence-electron chi connectivity index (χ1n) is 4.26. The van der Waals surface area contributed by atoms with Gasteiger partial charge in [0.1, 0.15) is 11.1 Å². The highest BCUT2D eigenvalue weighted by atomic mass is 32.2. The molecule has 6 nitrogen and oxygen atoms in total. The molecule has 0 spiro atoms. The lowest BCUT2D eigenvalue weighted by Gasteiger charge is -2.44. The van der Waals surface area contributed by atoms with Crippen molar-refractivity contribution in [1.82, 2.24) is 4.90 Å². The smallest absolute Gasteiger partial charge is 0.230 e. The Morgan fingerprint density at radius 2 is 2.60 bits per heavy atom. The molecule has 0 bridgehead atoms. The van der Waals surface area contributed by atoms with E-state index >= 15 is 0 Å². The highest BCUT2D eigenvalue weighted by Crippen LogP contribution is 2.40. The van der Waals surface area contributed by atoms with Gasteiger partial charge in [-0.1, -0.05) is 5.16 Å². The van der Waals surface area contributed by atoms with Crippen molar-refractivity contribution in [3.8, 4) is 0 Å². The minimum absolute atomic E-state index is 0.0223. The maximum Gasteiger partial charge on any atom is 0.230 e. The van der Waals surface area contributed by atoms with Crippen LogP contribution in [0.25, 0.3) is 0 Å². The molecule has 0 aliphatic carbocycles. The Kier molecular flexibility index (Phi) is 2.28. The monoisotopic (exact) mass is 227 g/mol. The molecule has 15 heavy (non-hydrogen) atoms. The Morgan fingerprint density at radius 3 is 3.13 bits per heavy atom. The van der Waals surface area contributed by atoms with Gasteiger partial charge in [-0.3, -0.25) is 9.59 Å². The van der Waals surface area contributed by atoms with Crippen LogP contribution in [0.4, 0.5) is 0 Å². The quantitative estimate of drug-likeness (QED) is 0.286. The number of nitrogens with zero attached hydrogens (tertiary/aromatic N) is 2. The number of Topliss-reactive ketones (excluding diaryl/α,β-unsaturated/α-hetero) is 1. The summed E-state index contributed by atoms with van der Waals surface area (Å²) in [5, 5.41) is 10.8. The normalized spacial score (nSPS) is 34.1.